The van der Waals surface area contributed by atoms with Crippen molar-refractivity contribution in [1.29, 1.82) is 0 Å². The van der Waals surface area contributed by atoms with Crippen LogP contribution in [0.2, 0.25) is 0 Å². The monoisotopic (exact) mass is 580 g/mol. The van der Waals surface area contributed by atoms with E-state index in [1.807, 2.05) is 69.3 Å². The van der Waals surface area contributed by atoms with Crippen molar-refractivity contribution >= 4 is 23.8 Å². The lowest BCUT2D eigenvalue weighted by atomic mass is 9.93. The molecule has 0 aliphatic rings. The normalized spacial score (nSPS) is 13.5. The van der Waals surface area contributed by atoms with E-state index >= 15 is 0 Å². The Morgan fingerprint density at radius 1 is 0.952 bits per heavy atom. The molecule has 0 aliphatic carbocycles. The van der Waals surface area contributed by atoms with Gasteiger partial charge in [-0.25, -0.2) is 4.79 Å². The molecule has 3 atom stereocenters. The highest BCUT2D eigenvalue weighted by Crippen LogP contribution is 2.30. The number of alkyl carbamates (subject to hydrolysis) is 1. The van der Waals surface area contributed by atoms with E-state index in [4.69, 9.17) is 10.5 Å². The molecule has 0 saturated carbocycles. The number of ether oxygens (including phenoxy) is 1. The van der Waals surface area contributed by atoms with Gasteiger partial charge < -0.3 is 26.0 Å². The number of carbonyl (C=O) groups is 4. The molecule has 0 saturated heterocycles. The Balaban J connectivity index is 2.62. The molecular formula is C33H48N4O5. The van der Waals surface area contributed by atoms with Gasteiger partial charge in [0.2, 0.25) is 17.7 Å². The predicted molar refractivity (Wildman–Crippen MR) is 164 cm³/mol. The molecule has 2 rings (SSSR count). The number of aryl methyl sites for hydroxylation is 2. The van der Waals surface area contributed by atoms with Crippen molar-refractivity contribution in [3.8, 4) is 0 Å². The maximum Gasteiger partial charge on any atom is 0.408 e. The van der Waals surface area contributed by atoms with Crippen LogP contribution >= 0.6 is 0 Å². The van der Waals surface area contributed by atoms with Crippen LogP contribution in [-0.4, -0.2) is 46.4 Å². The van der Waals surface area contributed by atoms with Gasteiger partial charge in [0.1, 0.15) is 17.7 Å². The molecule has 0 heterocycles. The lowest BCUT2D eigenvalue weighted by Gasteiger charge is -2.39. The summed E-state index contributed by atoms with van der Waals surface area (Å²) in [5.41, 5.74) is 8.13. The summed E-state index contributed by atoms with van der Waals surface area (Å²) in [7, 11) is 0. The Kier molecular flexibility index (Phi) is 12.6. The van der Waals surface area contributed by atoms with Gasteiger partial charge in [-0.2, -0.15) is 0 Å². The Morgan fingerprint density at radius 3 is 2.14 bits per heavy atom. The molecule has 9 heteroatoms. The highest BCUT2D eigenvalue weighted by atomic mass is 16.6. The topological polar surface area (TPSA) is 131 Å². The summed E-state index contributed by atoms with van der Waals surface area (Å²) < 4.78 is 5.38. The van der Waals surface area contributed by atoms with Crippen LogP contribution in [0.25, 0.3) is 0 Å². The second kappa shape index (κ2) is 15.4. The van der Waals surface area contributed by atoms with E-state index in [1.54, 1.807) is 20.8 Å². The molecule has 4 amide bonds. The van der Waals surface area contributed by atoms with Gasteiger partial charge in [-0.15, -0.1) is 0 Å². The molecule has 0 radical (unpaired) electrons. The summed E-state index contributed by atoms with van der Waals surface area (Å²) in [6.07, 6.45) is 0.104. The van der Waals surface area contributed by atoms with Crippen molar-refractivity contribution in [2.24, 2.45) is 11.7 Å². The van der Waals surface area contributed by atoms with Crippen molar-refractivity contribution in [3.05, 3.63) is 70.8 Å². The number of carbonyl (C=O) groups excluding carboxylic acids is 4. The number of benzene rings is 2. The molecule has 3 unspecified atom stereocenters. The zero-order valence-electron chi connectivity index (χ0n) is 26.3. The highest BCUT2D eigenvalue weighted by Gasteiger charge is 2.40. The van der Waals surface area contributed by atoms with Crippen LogP contribution in [0.1, 0.15) is 89.1 Å². The molecular weight excluding hydrogens is 532 g/mol. The van der Waals surface area contributed by atoms with Gasteiger partial charge in [0.25, 0.3) is 0 Å². The average molecular weight is 581 g/mol. The summed E-state index contributed by atoms with van der Waals surface area (Å²) in [5.74, 6) is -1.37. The minimum Gasteiger partial charge on any atom is -0.444 e. The molecule has 0 aromatic heterocycles. The first-order valence-corrected chi connectivity index (χ1v) is 14.6. The van der Waals surface area contributed by atoms with Gasteiger partial charge in [0.15, 0.2) is 0 Å². The van der Waals surface area contributed by atoms with Crippen LogP contribution in [0.15, 0.2) is 48.5 Å². The largest absolute Gasteiger partial charge is 0.444 e. The van der Waals surface area contributed by atoms with E-state index in [9.17, 15) is 19.2 Å². The summed E-state index contributed by atoms with van der Waals surface area (Å²) in [6.45, 7) is 15.3. The molecule has 0 fully saturated rings. The van der Waals surface area contributed by atoms with Gasteiger partial charge in [-0.05, 0) is 77.0 Å². The van der Waals surface area contributed by atoms with E-state index in [2.05, 4.69) is 24.5 Å². The van der Waals surface area contributed by atoms with Gasteiger partial charge in [-0.1, -0.05) is 67.9 Å². The predicted octanol–water partition coefficient (Wildman–Crippen LogP) is 5.08. The van der Waals surface area contributed by atoms with E-state index in [-0.39, 0.29) is 12.5 Å². The van der Waals surface area contributed by atoms with Crippen LogP contribution in [0.5, 0.6) is 0 Å². The minimum absolute atomic E-state index is 0.268. The molecule has 0 aliphatic heterocycles. The minimum atomic E-state index is -1.32. The standard InChI is InChI=1S/C33H48N4O5/c1-21(2)14-16-24(5)37(31(40)27(19-28(34)38)36-32(41)42-33(6,7)8)29(26-17-15-22(3)18-23(26)4)30(39)35-20-25-12-10-9-11-13-25/h9-13,15,17-18,21,24,27,29H,14,16,19-20H2,1-8H3,(H2,34,38)(H,35,39)(H,36,41). The average Bonchev–Trinajstić information content (AvgIpc) is 2.88. The molecule has 230 valence electrons. The smallest absolute Gasteiger partial charge is 0.408 e. The lowest BCUT2D eigenvalue weighted by Crippen LogP contribution is -2.56. The summed E-state index contributed by atoms with van der Waals surface area (Å²) in [4.78, 5) is 54.8. The van der Waals surface area contributed by atoms with Crippen molar-refractivity contribution in [3.63, 3.8) is 0 Å². The van der Waals surface area contributed by atoms with Crippen molar-refractivity contribution in [1.82, 2.24) is 15.5 Å². The molecule has 42 heavy (non-hydrogen) atoms. The zero-order chi connectivity index (χ0) is 31.6. The van der Waals surface area contributed by atoms with E-state index < -0.39 is 48.1 Å². The maximum absolute atomic E-state index is 14.4. The molecule has 2 aromatic rings. The van der Waals surface area contributed by atoms with Crippen molar-refractivity contribution in [2.45, 2.75) is 105 Å². The van der Waals surface area contributed by atoms with Crippen molar-refractivity contribution in [2.75, 3.05) is 0 Å². The van der Waals surface area contributed by atoms with E-state index in [0.29, 0.717) is 17.9 Å². The van der Waals surface area contributed by atoms with Gasteiger partial charge in [0.05, 0.1) is 6.42 Å². The number of nitrogens with zero attached hydrogens (tertiary/aromatic N) is 1. The summed E-state index contributed by atoms with van der Waals surface area (Å²) in [5, 5.41) is 5.56. The van der Waals surface area contributed by atoms with Crippen LogP contribution in [0.3, 0.4) is 0 Å². The fraction of sp³-hybridized carbons (Fsp3) is 0.515. The number of nitrogens with two attached hydrogens (primary N) is 1. The third-order valence-corrected chi connectivity index (χ3v) is 6.84. The fourth-order valence-electron chi connectivity index (χ4n) is 4.78. The Labute approximate surface area is 250 Å². The van der Waals surface area contributed by atoms with Gasteiger partial charge >= 0.3 is 6.09 Å². The Hall–Kier alpha value is -3.88. The Morgan fingerprint density at radius 2 is 1.60 bits per heavy atom. The molecule has 4 N–H and O–H groups in total. The number of rotatable bonds is 13. The zero-order valence-corrected chi connectivity index (χ0v) is 26.3. The second-order valence-corrected chi connectivity index (χ2v) is 12.4. The molecule has 2 aromatic carbocycles. The molecule has 0 spiro atoms. The first kappa shape index (κ1) is 34.3. The number of hydrogen-bond acceptors (Lipinski definition) is 5. The van der Waals surface area contributed by atoms with Crippen LogP contribution in [0, 0.1) is 19.8 Å². The van der Waals surface area contributed by atoms with E-state index in [1.165, 1.54) is 4.90 Å². The first-order valence-electron chi connectivity index (χ1n) is 14.6. The molecule has 9 nitrogen and oxygen atoms in total. The quantitative estimate of drug-likeness (QED) is 0.304. The first-order chi connectivity index (χ1) is 19.6. The summed E-state index contributed by atoms with van der Waals surface area (Å²) >= 11 is 0. The third kappa shape index (κ3) is 10.8. The number of nitrogens with one attached hydrogen (secondary N) is 2. The van der Waals surface area contributed by atoms with Crippen molar-refractivity contribution < 1.29 is 23.9 Å². The lowest BCUT2D eigenvalue weighted by molar-refractivity contribution is -0.146. The number of hydrogen-bond donors (Lipinski definition) is 3. The van der Waals surface area contributed by atoms with Crippen LogP contribution < -0.4 is 16.4 Å². The number of primary amides is 1. The second-order valence-electron chi connectivity index (χ2n) is 12.4. The van der Waals surface area contributed by atoms with Gasteiger partial charge in [-0.3, -0.25) is 14.4 Å². The fourth-order valence-corrected chi connectivity index (χ4v) is 4.78. The number of amides is 4. The molecule has 0 bridgehead atoms. The van der Waals surface area contributed by atoms with E-state index in [0.717, 1.165) is 23.1 Å². The SMILES string of the molecule is Cc1ccc(C(C(=O)NCc2ccccc2)N(C(=O)C(CC(N)=O)NC(=O)OC(C)(C)C)C(C)CCC(C)C)c(C)c1. The van der Waals surface area contributed by atoms with Gasteiger partial charge in [0, 0.05) is 12.6 Å². The maximum atomic E-state index is 14.4. The van der Waals surface area contributed by atoms with Crippen LogP contribution in [0.4, 0.5) is 4.79 Å². The third-order valence-electron chi connectivity index (χ3n) is 6.84. The highest BCUT2D eigenvalue weighted by molar-refractivity contribution is 5.94. The summed E-state index contributed by atoms with van der Waals surface area (Å²) in [6, 6.07) is 12.5. The Bertz CT molecular complexity index is 1220. The van der Waals surface area contributed by atoms with Crippen LogP contribution in [-0.2, 0) is 25.7 Å².